The minimum atomic E-state index is 0.00823. The molecule has 0 bridgehead atoms. The van der Waals surface area contributed by atoms with Crippen LogP contribution < -0.4 is 5.32 Å². The molecule has 6 heteroatoms. The first-order chi connectivity index (χ1) is 14.7. The number of carbonyl (C=O) groups is 1. The first-order valence-electron chi connectivity index (χ1n) is 11.2. The summed E-state index contributed by atoms with van der Waals surface area (Å²) in [6.07, 6.45) is 7.15. The third-order valence-corrected chi connectivity index (χ3v) is 8.40. The van der Waals surface area contributed by atoms with Crippen LogP contribution in [0.2, 0.25) is 0 Å². The van der Waals surface area contributed by atoms with Gasteiger partial charge in [-0.25, -0.2) is 4.98 Å². The summed E-state index contributed by atoms with van der Waals surface area (Å²) in [6, 6.07) is 10.7. The minimum Gasteiger partial charge on any atom is -0.381 e. The first kappa shape index (κ1) is 20.2. The molecule has 1 saturated carbocycles. The molecule has 1 spiro atoms. The highest BCUT2D eigenvalue weighted by atomic mass is 32.1. The van der Waals surface area contributed by atoms with Crippen molar-refractivity contribution in [1.82, 2.24) is 15.2 Å². The third kappa shape index (κ3) is 4.05. The van der Waals surface area contributed by atoms with Crippen LogP contribution >= 0.6 is 11.3 Å². The minimum absolute atomic E-state index is 0.00823. The van der Waals surface area contributed by atoms with Gasteiger partial charge in [0.2, 0.25) is 5.91 Å². The van der Waals surface area contributed by atoms with E-state index in [4.69, 9.17) is 4.74 Å². The summed E-state index contributed by atoms with van der Waals surface area (Å²) in [7, 11) is 0. The van der Waals surface area contributed by atoms with Crippen LogP contribution in [-0.4, -0.2) is 48.6 Å². The molecule has 160 valence electrons. The molecule has 3 heterocycles. The number of amides is 1. The number of aromatic nitrogens is 1. The molecule has 1 atom stereocenters. The fourth-order valence-corrected chi connectivity index (χ4v) is 6.11. The molecule has 30 heavy (non-hydrogen) atoms. The van der Waals surface area contributed by atoms with Gasteiger partial charge in [0.15, 0.2) is 0 Å². The predicted octanol–water partition coefficient (Wildman–Crippen LogP) is 3.61. The fourth-order valence-electron chi connectivity index (χ4n) is 5.45. The molecule has 2 aromatic rings. The van der Waals surface area contributed by atoms with E-state index in [9.17, 15) is 4.79 Å². The number of rotatable bonds is 6. The molecule has 1 amide bonds. The zero-order chi connectivity index (χ0) is 20.4. The van der Waals surface area contributed by atoms with Gasteiger partial charge in [-0.15, -0.1) is 11.3 Å². The summed E-state index contributed by atoms with van der Waals surface area (Å²) in [4.78, 5) is 20.0. The lowest BCUT2D eigenvalue weighted by Gasteiger charge is -2.38. The van der Waals surface area contributed by atoms with E-state index in [-0.39, 0.29) is 22.7 Å². The van der Waals surface area contributed by atoms with Crippen LogP contribution in [0.15, 0.2) is 41.9 Å². The van der Waals surface area contributed by atoms with E-state index in [1.165, 1.54) is 10.6 Å². The number of ether oxygens (including phenoxy) is 1. The quantitative estimate of drug-likeness (QED) is 0.768. The van der Waals surface area contributed by atoms with Crippen molar-refractivity contribution in [3.05, 3.63) is 52.5 Å². The molecule has 2 saturated heterocycles. The van der Waals surface area contributed by atoms with Gasteiger partial charge in [0, 0.05) is 42.7 Å². The Morgan fingerprint density at radius 2 is 1.93 bits per heavy atom. The number of carbonyl (C=O) groups excluding carboxylic acids is 1. The summed E-state index contributed by atoms with van der Waals surface area (Å²) < 4.78 is 5.63. The molecule has 3 aliphatic rings. The van der Waals surface area contributed by atoms with Crippen molar-refractivity contribution in [3.8, 4) is 0 Å². The van der Waals surface area contributed by atoms with Crippen molar-refractivity contribution in [2.75, 3.05) is 32.8 Å². The lowest BCUT2D eigenvalue weighted by molar-refractivity contribution is -0.124. The highest BCUT2D eigenvalue weighted by Crippen LogP contribution is 2.59. The number of hydrogen-bond acceptors (Lipinski definition) is 5. The number of likely N-dealkylation sites (tertiary alicyclic amines) is 1. The van der Waals surface area contributed by atoms with Crippen LogP contribution in [0, 0.1) is 11.3 Å². The van der Waals surface area contributed by atoms with Crippen LogP contribution in [0.1, 0.15) is 42.7 Å². The van der Waals surface area contributed by atoms with E-state index >= 15 is 0 Å². The SMILES string of the molecule is O=C(NCC1(c2ccccc2)CCOCC1)C1CC12CCN(Cc1nccs1)CC2. The van der Waals surface area contributed by atoms with Crippen molar-refractivity contribution >= 4 is 17.2 Å². The number of benzene rings is 1. The monoisotopic (exact) mass is 425 g/mol. The topological polar surface area (TPSA) is 54.5 Å². The van der Waals surface area contributed by atoms with Gasteiger partial charge < -0.3 is 10.1 Å². The molecule has 1 aromatic carbocycles. The second-order valence-corrected chi connectivity index (χ2v) is 10.3. The zero-order valence-electron chi connectivity index (χ0n) is 17.5. The van der Waals surface area contributed by atoms with E-state index in [0.29, 0.717) is 0 Å². The number of nitrogens with zero attached hydrogens (tertiary/aromatic N) is 2. The highest BCUT2D eigenvalue weighted by molar-refractivity contribution is 7.09. The molecule has 3 fully saturated rings. The maximum absolute atomic E-state index is 13.1. The molecule has 1 aliphatic carbocycles. The molecular formula is C24H31N3O2S. The molecule has 1 aromatic heterocycles. The van der Waals surface area contributed by atoms with Crippen molar-refractivity contribution in [1.29, 1.82) is 0 Å². The van der Waals surface area contributed by atoms with Crippen LogP contribution in [0.25, 0.3) is 0 Å². The average molecular weight is 426 g/mol. The Kier molecular flexibility index (Phi) is 5.65. The highest BCUT2D eigenvalue weighted by Gasteiger charge is 2.58. The fraction of sp³-hybridized carbons (Fsp3) is 0.583. The summed E-state index contributed by atoms with van der Waals surface area (Å²) in [5.41, 5.74) is 1.59. The van der Waals surface area contributed by atoms with E-state index < -0.39 is 0 Å². The Balaban J connectivity index is 1.16. The molecule has 1 N–H and O–H groups in total. The molecule has 2 aliphatic heterocycles. The molecule has 5 rings (SSSR count). The molecule has 0 radical (unpaired) electrons. The summed E-state index contributed by atoms with van der Waals surface area (Å²) in [5, 5.41) is 6.59. The standard InChI is InChI=1S/C24H31N3O2S/c28-22(26-18-24(8-13-29-14-9-24)19-4-2-1-3-5-19)20-16-23(20)6-11-27(12-7-23)17-21-25-10-15-30-21/h1-5,10,15,20H,6-9,11-14,16-18H2,(H,26,28). The average Bonchev–Trinajstić information content (AvgIpc) is 3.24. The van der Waals surface area contributed by atoms with Gasteiger partial charge in [-0.05, 0) is 56.2 Å². The van der Waals surface area contributed by atoms with Crippen LogP contribution in [0.4, 0.5) is 0 Å². The first-order valence-corrected chi connectivity index (χ1v) is 12.1. The van der Waals surface area contributed by atoms with Crippen LogP contribution in [0.3, 0.4) is 0 Å². The number of nitrogens with one attached hydrogen (secondary N) is 1. The largest absolute Gasteiger partial charge is 0.381 e. The Morgan fingerprint density at radius 1 is 1.17 bits per heavy atom. The molecule has 5 nitrogen and oxygen atoms in total. The van der Waals surface area contributed by atoms with E-state index in [1.54, 1.807) is 11.3 Å². The smallest absolute Gasteiger partial charge is 0.223 e. The van der Waals surface area contributed by atoms with Crippen molar-refractivity contribution in [2.45, 2.75) is 44.1 Å². The zero-order valence-corrected chi connectivity index (χ0v) is 18.3. The Hall–Kier alpha value is -1.76. The Labute approximate surface area is 182 Å². The normalized spacial score (nSPS) is 25.1. The maximum Gasteiger partial charge on any atom is 0.223 e. The van der Waals surface area contributed by atoms with E-state index in [0.717, 1.165) is 71.5 Å². The van der Waals surface area contributed by atoms with E-state index in [1.807, 2.05) is 11.6 Å². The second kappa shape index (κ2) is 8.40. The summed E-state index contributed by atoms with van der Waals surface area (Å²) in [6.45, 7) is 5.37. The van der Waals surface area contributed by atoms with Crippen LogP contribution in [-0.2, 0) is 21.5 Å². The van der Waals surface area contributed by atoms with Gasteiger partial charge >= 0.3 is 0 Å². The van der Waals surface area contributed by atoms with E-state index in [2.05, 4.69) is 45.5 Å². The summed E-state index contributed by atoms with van der Waals surface area (Å²) in [5.74, 6) is 0.470. The maximum atomic E-state index is 13.1. The predicted molar refractivity (Wildman–Crippen MR) is 118 cm³/mol. The van der Waals surface area contributed by atoms with Gasteiger partial charge in [0.05, 0.1) is 6.54 Å². The van der Waals surface area contributed by atoms with Gasteiger partial charge in [-0.2, -0.15) is 0 Å². The lowest BCUT2D eigenvalue weighted by atomic mass is 9.74. The van der Waals surface area contributed by atoms with Crippen molar-refractivity contribution in [3.63, 3.8) is 0 Å². The van der Waals surface area contributed by atoms with Gasteiger partial charge in [0.1, 0.15) is 5.01 Å². The second-order valence-electron chi connectivity index (χ2n) is 9.30. The van der Waals surface area contributed by atoms with Crippen molar-refractivity contribution in [2.24, 2.45) is 11.3 Å². The number of piperidine rings is 1. The summed E-state index contributed by atoms with van der Waals surface area (Å²) >= 11 is 1.73. The molecule has 1 unspecified atom stereocenters. The Bertz CT molecular complexity index is 841. The number of thiazole rings is 1. The van der Waals surface area contributed by atoms with Crippen molar-refractivity contribution < 1.29 is 9.53 Å². The van der Waals surface area contributed by atoms with Gasteiger partial charge in [-0.1, -0.05) is 30.3 Å². The molecular weight excluding hydrogens is 394 g/mol. The van der Waals surface area contributed by atoms with Gasteiger partial charge in [-0.3, -0.25) is 9.69 Å². The van der Waals surface area contributed by atoms with Gasteiger partial charge in [0.25, 0.3) is 0 Å². The lowest BCUT2D eigenvalue weighted by Crippen LogP contribution is -2.45. The Morgan fingerprint density at radius 3 is 2.63 bits per heavy atom. The third-order valence-electron chi connectivity index (χ3n) is 7.64. The van der Waals surface area contributed by atoms with Crippen LogP contribution in [0.5, 0.6) is 0 Å². The number of hydrogen-bond donors (Lipinski definition) is 1.